The van der Waals surface area contributed by atoms with Crippen LogP contribution in [0.4, 0.5) is 5.69 Å². The summed E-state index contributed by atoms with van der Waals surface area (Å²) < 4.78 is 5.30. The number of rotatable bonds is 5. The van der Waals surface area contributed by atoms with Crippen LogP contribution in [0.3, 0.4) is 0 Å². The first kappa shape index (κ1) is 15.1. The van der Waals surface area contributed by atoms with Crippen molar-refractivity contribution in [3.8, 4) is 5.75 Å². The number of carbonyl (C=O) groups excluding carboxylic acids is 1. The van der Waals surface area contributed by atoms with E-state index >= 15 is 0 Å². The minimum absolute atomic E-state index is 0.0706. The molecule has 0 aromatic heterocycles. The summed E-state index contributed by atoms with van der Waals surface area (Å²) in [5, 5.41) is 0. The molecule has 0 radical (unpaired) electrons. The lowest BCUT2D eigenvalue weighted by Crippen LogP contribution is -2.26. The first-order valence-corrected chi connectivity index (χ1v) is 6.87. The Balaban J connectivity index is 2.22. The van der Waals surface area contributed by atoms with Gasteiger partial charge in [-0.05, 0) is 42.8 Å². The van der Waals surface area contributed by atoms with Crippen LogP contribution in [0.15, 0.2) is 48.5 Å². The molecular formula is C17H20N2O2. The van der Waals surface area contributed by atoms with Gasteiger partial charge in [-0.1, -0.05) is 24.3 Å². The van der Waals surface area contributed by atoms with E-state index in [1.54, 1.807) is 19.1 Å². The third kappa shape index (κ3) is 3.41. The average Bonchev–Trinajstić information content (AvgIpc) is 2.54. The highest BCUT2D eigenvalue weighted by molar-refractivity contribution is 6.06. The van der Waals surface area contributed by atoms with Gasteiger partial charge in [0.25, 0.3) is 5.91 Å². The molecular weight excluding hydrogens is 264 g/mol. The molecule has 0 aliphatic rings. The van der Waals surface area contributed by atoms with E-state index < -0.39 is 0 Å². The van der Waals surface area contributed by atoms with Crippen LogP contribution in [0.2, 0.25) is 0 Å². The second kappa shape index (κ2) is 6.90. The third-order valence-corrected chi connectivity index (χ3v) is 3.39. The molecule has 1 amide bonds. The summed E-state index contributed by atoms with van der Waals surface area (Å²) in [5.41, 5.74) is 8.05. The van der Waals surface area contributed by atoms with Crippen LogP contribution in [0, 0.1) is 0 Å². The fourth-order valence-electron chi connectivity index (χ4n) is 2.19. The van der Waals surface area contributed by atoms with Crippen LogP contribution in [-0.2, 0) is 6.42 Å². The summed E-state index contributed by atoms with van der Waals surface area (Å²) in [6.07, 6.45) is 0.816. The van der Waals surface area contributed by atoms with E-state index in [0.29, 0.717) is 17.9 Å². The fraction of sp³-hybridized carbons (Fsp3) is 0.235. The molecule has 0 atom stereocenters. The molecule has 0 saturated heterocycles. The number of nitrogens with zero attached hydrogens (tertiary/aromatic N) is 1. The third-order valence-electron chi connectivity index (χ3n) is 3.39. The molecule has 2 rings (SSSR count). The zero-order chi connectivity index (χ0) is 15.2. The Morgan fingerprint density at radius 2 is 1.81 bits per heavy atom. The van der Waals surface area contributed by atoms with Gasteiger partial charge in [-0.2, -0.15) is 0 Å². The highest BCUT2D eigenvalue weighted by atomic mass is 16.5. The number of methoxy groups -OCH3 is 1. The van der Waals surface area contributed by atoms with Gasteiger partial charge in [0.05, 0.1) is 12.8 Å². The van der Waals surface area contributed by atoms with Gasteiger partial charge in [-0.3, -0.25) is 4.79 Å². The van der Waals surface area contributed by atoms with E-state index in [1.807, 2.05) is 48.5 Å². The van der Waals surface area contributed by atoms with E-state index in [0.717, 1.165) is 17.7 Å². The van der Waals surface area contributed by atoms with E-state index in [1.165, 1.54) is 0 Å². The molecule has 2 aromatic carbocycles. The second-order valence-corrected chi connectivity index (χ2v) is 4.77. The van der Waals surface area contributed by atoms with Gasteiger partial charge in [0, 0.05) is 12.6 Å². The van der Waals surface area contributed by atoms with Crippen LogP contribution >= 0.6 is 0 Å². The predicted molar refractivity (Wildman–Crippen MR) is 84.9 cm³/mol. The molecule has 21 heavy (non-hydrogen) atoms. The molecule has 0 aliphatic carbocycles. The van der Waals surface area contributed by atoms with Crippen molar-refractivity contribution < 1.29 is 9.53 Å². The van der Waals surface area contributed by atoms with Crippen molar-refractivity contribution in [3.05, 3.63) is 59.7 Å². The van der Waals surface area contributed by atoms with Gasteiger partial charge in [0.15, 0.2) is 0 Å². The maximum Gasteiger partial charge on any atom is 0.258 e. The summed E-state index contributed by atoms with van der Waals surface area (Å²) in [4.78, 5) is 14.1. The number of hydrogen-bond donors (Lipinski definition) is 1. The van der Waals surface area contributed by atoms with Crippen LogP contribution in [0.5, 0.6) is 5.75 Å². The van der Waals surface area contributed by atoms with Crippen molar-refractivity contribution in [2.24, 2.45) is 5.73 Å². The lowest BCUT2D eigenvalue weighted by atomic mass is 10.1. The number of para-hydroxylation sites is 2. The van der Waals surface area contributed by atoms with Crippen LogP contribution in [-0.4, -0.2) is 26.6 Å². The minimum atomic E-state index is -0.0706. The molecule has 0 saturated carbocycles. The number of ether oxygens (including phenoxy) is 1. The lowest BCUT2D eigenvalue weighted by Gasteiger charge is -2.20. The number of anilines is 1. The van der Waals surface area contributed by atoms with Gasteiger partial charge >= 0.3 is 0 Å². The highest BCUT2D eigenvalue weighted by Crippen LogP contribution is 2.27. The van der Waals surface area contributed by atoms with E-state index in [4.69, 9.17) is 10.5 Å². The highest BCUT2D eigenvalue weighted by Gasteiger charge is 2.16. The molecule has 0 bridgehead atoms. The van der Waals surface area contributed by atoms with Crippen LogP contribution < -0.4 is 15.4 Å². The van der Waals surface area contributed by atoms with Crippen molar-refractivity contribution in [1.29, 1.82) is 0 Å². The topological polar surface area (TPSA) is 55.6 Å². The van der Waals surface area contributed by atoms with E-state index in [2.05, 4.69) is 0 Å². The number of hydrogen-bond acceptors (Lipinski definition) is 3. The molecule has 110 valence electrons. The van der Waals surface area contributed by atoms with Crippen molar-refractivity contribution in [3.63, 3.8) is 0 Å². The minimum Gasteiger partial charge on any atom is -0.495 e. The molecule has 4 heteroatoms. The Labute approximate surface area is 125 Å². The number of carbonyl (C=O) groups is 1. The summed E-state index contributed by atoms with van der Waals surface area (Å²) in [5.74, 6) is 0.604. The van der Waals surface area contributed by atoms with Crippen molar-refractivity contribution in [1.82, 2.24) is 0 Å². The molecule has 0 aliphatic heterocycles. The Bertz CT molecular complexity index is 608. The van der Waals surface area contributed by atoms with Gasteiger partial charge in [0.1, 0.15) is 5.75 Å². The zero-order valence-electron chi connectivity index (χ0n) is 12.4. The molecule has 0 fully saturated rings. The van der Waals surface area contributed by atoms with Gasteiger partial charge in [-0.15, -0.1) is 0 Å². The molecule has 2 N–H and O–H groups in total. The van der Waals surface area contributed by atoms with E-state index in [-0.39, 0.29) is 5.91 Å². The smallest absolute Gasteiger partial charge is 0.258 e. The van der Waals surface area contributed by atoms with Gasteiger partial charge in [0.2, 0.25) is 0 Å². The maximum atomic E-state index is 12.5. The summed E-state index contributed by atoms with van der Waals surface area (Å²) >= 11 is 0. The normalized spacial score (nSPS) is 10.2. The van der Waals surface area contributed by atoms with Crippen molar-refractivity contribution in [2.45, 2.75) is 6.42 Å². The van der Waals surface area contributed by atoms with Crippen molar-refractivity contribution in [2.75, 3.05) is 25.6 Å². The van der Waals surface area contributed by atoms with Gasteiger partial charge < -0.3 is 15.4 Å². The Kier molecular flexibility index (Phi) is 4.95. The Morgan fingerprint density at radius 3 is 2.43 bits per heavy atom. The molecule has 0 unspecified atom stereocenters. The van der Waals surface area contributed by atoms with Crippen LogP contribution in [0.25, 0.3) is 0 Å². The quantitative estimate of drug-likeness (QED) is 0.917. The standard InChI is InChI=1S/C17H20N2O2/c1-19(15-5-3-4-6-16(15)21-2)17(20)14-9-7-13(8-10-14)11-12-18/h3-10H,11-12,18H2,1-2H3. The maximum absolute atomic E-state index is 12.5. The van der Waals surface area contributed by atoms with Crippen LogP contribution in [0.1, 0.15) is 15.9 Å². The van der Waals surface area contributed by atoms with E-state index in [9.17, 15) is 4.79 Å². The fourth-order valence-corrected chi connectivity index (χ4v) is 2.19. The van der Waals surface area contributed by atoms with Crippen molar-refractivity contribution >= 4 is 11.6 Å². The zero-order valence-corrected chi connectivity index (χ0v) is 12.4. The Morgan fingerprint density at radius 1 is 1.14 bits per heavy atom. The average molecular weight is 284 g/mol. The molecule has 4 nitrogen and oxygen atoms in total. The SMILES string of the molecule is COc1ccccc1N(C)C(=O)c1ccc(CCN)cc1. The largest absolute Gasteiger partial charge is 0.495 e. The Hall–Kier alpha value is -2.33. The monoisotopic (exact) mass is 284 g/mol. The molecule has 0 heterocycles. The summed E-state index contributed by atoms with van der Waals surface area (Å²) in [6.45, 7) is 0.606. The number of nitrogens with two attached hydrogens (primary N) is 1. The molecule has 0 spiro atoms. The van der Waals surface area contributed by atoms with Gasteiger partial charge in [-0.25, -0.2) is 0 Å². The first-order valence-electron chi connectivity index (χ1n) is 6.87. The molecule has 2 aromatic rings. The summed E-state index contributed by atoms with van der Waals surface area (Å²) in [7, 11) is 3.34. The second-order valence-electron chi connectivity index (χ2n) is 4.77. The first-order chi connectivity index (χ1) is 10.2. The predicted octanol–water partition coefficient (Wildman–Crippen LogP) is 2.47. The number of amides is 1. The number of benzene rings is 2. The lowest BCUT2D eigenvalue weighted by molar-refractivity contribution is 0.0992. The summed E-state index contributed by atoms with van der Waals surface area (Å²) in [6, 6.07) is 15.0.